The maximum atomic E-state index is 5.78. The molecule has 2 nitrogen and oxygen atoms in total. The lowest BCUT2D eigenvalue weighted by molar-refractivity contribution is 0.318. The van der Waals surface area contributed by atoms with Crippen molar-refractivity contribution in [2.24, 2.45) is 0 Å². The van der Waals surface area contributed by atoms with Crippen molar-refractivity contribution in [3.63, 3.8) is 0 Å². The van der Waals surface area contributed by atoms with Gasteiger partial charge in [-0.3, -0.25) is 0 Å². The first-order valence-corrected chi connectivity index (χ1v) is 7.30. The molecule has 18 heavy (non-hydrogen) atoms. The van der Waals surface area contributed by atoms with Crippen LogP contribution < -0.4 is 10.1 Å². The van der Waals surface area contributed by atoms with Gasteiger partial charge in [0.25, 0.3) is 0 Å². The van der Waals surface area contributed by atoms with E-state index in [9.17, 15) is 0 Å². The van der Waals surface area contributed by atoms with Crippen molar-refractivity contribution in [2.45, 2.75) is 58.9 Å². The van der Waals surface area contributed by atoms with Crippen molar-refractivity contribution in [1.29, 1.82) is 0 Å². The van der Waals surface area contributed by atoms with E-state index < -0.39 is 0 Å². The van der Waals surface area contributed by atoms with Crippen molar-refractivity contribution >= 4 is 5.69 Å². The Labute approximate surface area is 112 Å². The predicted molar refractivity (Wildman–Crippen MR) is 79.5 cm³/mol. The van der Waals surface area contributed by atoms with Crippen LogP contribution >= 0.6 is 0 Å². The van der Waals surface area contributed by atoms with Crippen LogP contribution in [-0.4, -0.2) is 12.6 Å². The molecule has 1 rings (SSSR count). The maximum Gasteiger partial charge on any atom is 0.142 e. The van der Waals surface area contributed by atoms with Crippen molar-refractivity contribution in [3.8, 4) is 5.75 Å². The van der Waals surface area contributed by atoms with Crippen LogP contribution in [0.4, 0.5) is 5.69 Å². The van der Waals surface area contributed by atoms with Gasteiger partial charge in [0.05, 0.1) is 12.3 Å². The molecule has 2 heteroatoms. The minimum absolute atomic E-state index is 0.561. The minimum atomic E-state index is 0.561. The van der Waals surface area contributed by atoms with E-state index in [0.29, 0.717) is 6.04 Å². The van der Waals surface area contributed by atoms with Crippen molar-refractivity contribution < 1.29 is 4.74 Å². The Balaban J connectivity index is 2.67. The molecule has 1 aromatic rings. The molecule has 0 bridgehead atoms. The normalized spacial score (nSPS) is 10.7. The van der Waals surface area contributed by atoms with Gasteiger partial charge in [0.1, 0.15) is 5.75 Å². The van der Waals surface area contributed by atoms with Crippen LogP contribution in [-0.2, 0) is 0 Å². The van der Waals surface area contributed by atoms with E-state index in [0.717, 1.165) is 24.5 Å². The fraction of sp³-hybridized carbons (Fsp3) is 0.625. The van der Waals surface area contributed by atoms with E-state index in [1.165, 1.54) is 25.7 Å². The lowest BCUT2D eigenvalue weighted by atomic mass is 10.1. The lowest BCUT2D eigenvalue weighted by Crippen LogP contribution is -2.19. The number of ether oxygens (including phenoxy) is 1. The fourth-order valence-electron chi connectivity index (χ4n) is 2.13. The van der Waals surface area contributed by atoms with E-state index in [1.807, 2.05) is 12.1 Å². The first-order valence-electron chi connectivity index (χ1n) is 7.30. The topological polar surface area (TPSA) is 21.3 Å². The Kier molecular flexibility index (Phi) is 7.31. The number of anilines is 1. The van der Waals surface area contributed by atoms with Crippen molar-refractivity contribution in [2.75, 3.05) is 11.9 Å². The molecule has 0 saturated carbocycles. The SMILES string of the molecule is CCCOc1ccccc1NC(CCC)CCC. The smallest absolute Gasteiger partial charge is 0.142 e. The summed E-state index contributed by atoms with van der Waals surface area (Å²) in [6.45, 7) is 7.39. The largest absolute Gasteiger partial charge is 0.491 e. The first-order chi connectivity index (χ1) is 8.81. The highest BCUT2D eigenvalue weighted by molar-refractivity contribution is 5.56. The maximum absolute atomic E-state index is 5.78. The molecule has 1 aromatic carbocycles. The van der Waals surface area contributed by atoms with Gasteiger partial charge in [-0.1, -0.05) is 45.7 Å². The molecule has 0 aliphatic heterocycles. The zero-order valence-electron chi connectivity index (χ0n) is 12.0. The molecule has 0 radical (unpaired) electrons. The summed E-state index contributed by atoms with van der Waals surface area (Å²) < 4.78 is 5.78. The van der Waals surface area contributed by atoms with Gasteiger partial charge in [0.2, 0.25) is 0 Å². The number of benzene rings is 1. The summed E-state index contributed by atoms with van der Waals surface area (Å²) in [6, 6.07) is 8.82. The number of rotatable bonds is 9. The van der Waals surface area contributed by atoms with E-state index in [2.05, 4.69) is 38.2 Å². The Hall–Kier alpha value is -1.18. The van der Waals surface area contributed by atoms with Crippen LogP contribution in [0.25, 0.3) is 0 Å². The molecule has 0 aromatic heterocycles. The third-order valence-corrected chi connectivity index (χ3v) is 2.98. The summed E-state index contributed by atoms with van der Waals surface area (Å²) in [5.41, 5.74) is 1.14. The summed E-state index contributed by atoms with van der Waals surface area (Å²) in [4.78, 5) is 0. The van der Waals surface area contributed by atoms with Crippen LogP contribution in [0.1, 0.15) is 52.9 Å². The third kappa shape index (κ3) is 4.99. The van der Waals surface area contributed by atoms with Gasteiger partial charge in [-0.05, 0) is 31.4 Å². The molecule has 0 aliphatic rings. The van der Waals surface area contributed by atoms with Crippen LogP contribution in [0.15, 0.2) is 24.3 Å². The van der Waals surface area contributed by atoms with Crippen LogP contribution in [0.5, 0.6) is 5.75 Å². The monoisotopic (exact) mass is 249 g/mol. The number of hydrogen-bond acceptors (Lipinski definition) is 2. The highest BCUT2D eigenvalue weighted by Gasteiger charge is 2.09. The quantitative estimate of drug-likeness (QED) is 0.675. The highest BCUT2D eigenvalue weighted by atomic mass is 16.5. The fourth-order valence-corrected chi connectivity index (χ4v) is 2.13. The zero-order valence-corrected chi connectivity index (χ0v) is 12.0. The molecule has 0 amide bonds. The van der Waals surface area contributed by atoms with Gasteiger partial charge in [-0.2, -0.15) is 0 Å². The summed E-state index contributed by atoms with van der Waals surface area (Å²) in [6.07, 6.45) is 5.92. The van der Waals surface area contributed by atoms with E-state index >= 15 is 0 Å². The first kappa shape index (κ1) is 14.9. The predicted octanol–water partition coefficient (Wildman–Crippen LogP) is 4.86. The second-order valence-electron chi connectivity index (χ2n) is 4.76. The molecule has 0 unspecified atom stereocenters. The second-order valence-corrected chi connectivity index (χ2v) is 4.76. The third-order valence-electron chi connectivity index (χ3n) is 2.98. The summed E-state index contributed by atoms with van der Waals surface area (Å²) in [5, 5.41) is 3.63. The van der Waals surface area contributed by atoms with Gasteiger partial charge in [0.15, 0.2) is 0 Å². The minimum Gasteiger partial charge on any atom is -0.491 e. The Morgan fingerprint density at radius 1 is 1.00 bits per heavy atom. The van der Waals surface area contributed by atoms with Gasteiger partial charge >= 0.3 is 0 Å². The van der Waals surface area contributed by atoms with Gasteiger partial charge in [0, 0.05) is 6.04 Å². The van der Waals surface area contributed by atoms with E-state index in [1.54, 1.807) is 0 Å². The molecule has 1 N–H and O–H groups in total. The van der Waals surface area contributed by atoms with Crippen molar-refractivity contribution in [3.05, 3.63) is 24.3 Å². The van der Waals surface area contributed by atoms with Crippen LogP contribution in [0.3, 0.4) is 0 Å². The summed E-state index contributed by atoms with van der Waals surface area (Å²) in [7, 11) is 0. The second kappa shape index (κ2) is 8.84. The molecule has 0 spiro atoms. The average molecular weight is 249 g/mol. The Morgan fingerprint density at radius 2 is 1.67 bits per heavy atom. The van der Waals surface area contributed by atoms with E-state index in [-0.39, 0.29) is 0 Å². The molecule has 0 atom stereocenters. The number of hydrogen-bond donors (Lipinski definition) is 1. The molecule has 0 fully saturated rings. The summed E-state index contributed by atoms with van der Waals surface area (Å²) >= 11 is 0. The molecular formula is C16H27NO. The van der Waals surface area contributed by atoms with Gasteiger partial charge < -0.3 is 10.1 Å². The average Bonchev–Trinajstić information content (AvgIpc) is 2.38. The molecular weight excluding hydrogens is 222 g/mol. The number of nitrogens with one attached hydrogen (secondary N) is 1. The number of para-hydroxylation sites is 2. The molecule has 0 saturated heterocycles. The molecule has 0 aliphatic carbocycles. The van der Waals surface area contributed by atoms with Gasteiger partial charge in [-0.15, -0.1) is 0 Å². The molecule has 102 valence electrons. The zero-order chi connectivity index (χ0) is 13.2. The van der Waals surface area contributed by atoms with Crippen LogP contribution in [0, 0.1) is 0 Å². The Morgan fingerprint density at radius 3 is 2.28 bits per heavy atom. The van der Waals surface area contributed by atoms with Crippen LogP contribution in [0.2, 0.25) is 0 Å². The highest BCUT2D eigenvalue weighted by Crippen LogP contribution is 2.26. The van der Waals surface area contributed by atoms with Gasteiger partial charge in [-0.25, -0.2) is 0 Å². The lowest BCUT2D eigenvalue weighted by Gasteiger charge is -2.21. The van der Waals surface area contributed by atoms with E-state index in [4.69, 9.17) is 4.74 Å². The molecule has 0 heterocycles. The van der Waals surface area contributed by atoms with Crippen molar-refractivity contribution in [1.82, 2.24) is 0 Å². The Bertz CT molecular complexity index is 319. The standard InChI is InChI=1S/C16H27NO/c1-4-9-14(10-5-2)17-15-11-7-8-12-16(15)18-13-6-3/h7-8,11-12,14,17H,4-6,9-10,13H2,1-3H3. The summed E-state index contributed by atoms with van der Waals surface area (Å²) in [5.74, 6) is 0.983.